The van der Waals surface area contributed by atoms with Gasteiger partial charge >= 0.3 is 0 Å². The fourth-order valence-corrected chi connectivity index (χ4v) is 5.06. The van der Waals surface area contributed by atoms with E-state index in [1.165, 1.54) is 5.56 Å². The number of nitriles is 1. The first kappa shape index (κ1) is 22.9. The third kappa shape index (κ3) is 4.59. The SMILES string of the molecule is COc1cc(C#N)ccc1Oc1cccc(C(c2ccccc2)N2CCC3(CC2)NCNC3=O)c1. The number of nitrogens with one attached hydrogen (secondary N) is 2. The fraction of sp³-hybridized carbons (Fsp3) is 0.286. The van der Waals surface area contributed by atoms with Crippen LogP contribution >= 0.6 is 0 Å². The number of benzene rings is 3. The van der Waals surface area contributed by atoms with Gasteiger partial charge in [-0.05, 0) is 48.2 Å². The molecule has 2 N–H and O–H groups in total. The van der Waals surface area contributed by atoms with Crippen LogP contribution in [0.4, 0.5) is 0 Å². The van der Waals surface area contributed by atoms with Crippen molar-refractivity contribution in [1.82, 2.24) is 15.5 Å². The van der Waals surface area contributed by atoms with Crippen LogP contribution < -0.4 is 20.1 Å². The van der Waals surface area contributed by atoms with Gasteiger partial charge < -0.3 is 14.8 Å². The number of hydrogen-bond donors (Lipinski definition) is 2. The zero-order chi connectivity index (χ0) is 24.3. The van der Waals surface area contributed by atoms with Crippen molar-refractivity contribution in [3.8, 4) is 23.3 Å². The minimum Gasteiger partial charge on any atom is -0.493 e. The first-order valence-electron chi connectivity index (χ1n) is 11.8. The number of nitrogens with zero attached hydrogens (tertiary/aromatic N) is 2. The lowest BCUT2D eigenvalue weighted by Crippen LogP contribution is -2.55. The zero-order valence-corrected chi connectivity index (χ0v) is 19.7. The van der Waals surface area contributed by atoms with Crippen molar-refractivity contribution in [1.29, 1.82) is 5.26 Å². The normalized spacial score (nSPS) is 18.0. The summed E-state index contributed by atoms with van der Waals surface area (Å²) in [5.74, 6) is 1.87. The Labute approximate surface area is 205 Å². The summed E-state index contributed by atoms with van der Waals surface area (Å²) in [4.78, 5) is 14.9. The van der Waals surface area contributed by atoms with Crippen molar-refractivity contribution in [3.05, 3.63) is 89.5 Å². The number of carbonyl (C=O) groups excluding carboxylic acids is 1. The van der Waals surface area contributed by atoms with Gasteiger partial charge in [0.15, 0.2) is 11.5 Å². The Morgan fingerprint density at radius 2 is 1.74 bits per heavy atom. The maximum atomic E-state index is 12.4. The smallest absolute Gasteiger partial charge is 0.241 e. The van der Waals surface area contributed by atoms with E-state index in [0.717, 1.165) is 31.5 Å². The average Bonchev–Trinajstić information content (AvgIpc) is 3.25. The van der Waals surface area contributed by atoms with Gasteiger partial charge in [-0.15, -0.1) is 0 Å². The highest BCUT2D eigenvalue weighted by Gasteiger charge is 2.45. The summed E-state index contributed by atoms with van der Waals surface area (Å²) in [6.45, 7) is 2.14. The van der Waals surface area contributed by atoms with E-state index in [0.29, 0.717) is 29.5 Å². The highest BCUT2D eigenvalue weighted by atomic mass is 16.5. The van der Waals surface area contributed by atoms with Gasteiger partial charge in [-0.2, -0.15) is 5.26 Å². The predicted molar refractivity (Wildman–Crippen MR) is 132 cm³/mol. The first-order valence-corrected chi connectivity index (χ1v) is 11.8. The van der Waals surface area contributed by atoms with Crippen LogP contribution in [0.3, 0.4) is 0 Å². The largest absolute Gasteiger partial charge is 0.493 e. The topological polar surface area (TPSA) is 86.6 Å². The fourth-order valence-electron chi connectivity index (χ4n) is 5.06. The van der Waals surface area contributed by atoms with E-state index in [-0.39, 0.29) is 11.9 Å². The van der Waals surface area contributed by atoms with Crippen molar-refractivity contribution < 1.29 is 14.3 Å². The van der Waals surface area contributed by atoms with Crippen molar-refractivity contribution in [2.45, 2.75) is 24.4 Å². The van der Waals surface area contributed by atoms with Gasteiger partial charge in [0, 0.05) is 19.2 Å². The van der Waals surface area contributed by atoms with E-state index < -0.39 is 5.54 Å². The molecule has 35 heavy (non-hydrogen) atoms. The van der Waals surface area contributed by atoms with E-state index in [9.17, 15) is 10.1 Å². The van der Waals surface area contributed by atoms with E-state index in [4.69, 9.17) is 9.47 Å². The Bertz CT molecular complexity index is 1250. The summed E-state index contributed by atoms with van der Waals surface area (Å²) in [5, 5.41) is 15.5. The number of likely N-dealkylation sites (tertiary alicyclic amines) is 1. The molecule has 1 unspecified atom stereocenters. The predicted octanol–water partition coefficient (Wildman–Crippen LogP) is 3.96. The third-order valence-electron chi connectivity index (χ3n) is 6.94. The molecule has 0 radical (unpaired) electrons. The standard InChI is InChI=1S/C28H28N4O3/c1-34-25-16-20(18-29)10-11-24(25)35-23-9-5-8-22(17-23)26(21-6-3-2-4-7-21)32-14-12-28(13-15-32)27(33)30-19-31-28/h2-11,16-17,26,31H,12-15,19H2,1H3,(H,30,33). The molecule has 5 rings (SSSR count). The van der Waals surface area contributed by atoms with Crippen molar-refractivity contribution in [3.63, 3.8) is 0 Å². The second-order valence-corrected chi connectivity index (χ2v) is 8.94. The molecule has 2 aliphatic rings. The number of amides is 1. The van der Waals surface area contributed by atoms with Crippen LogP contribution in [0.5, 0.6) is 17.2 Å². The number of carbonyl (C=O) groups is 1. The molecule has 2 saturated heterocycles. The van der Waals surface area contributed by atoms with Crippen molar-refractivity contribution in [2.24, 2.45) is 0 Å². The number of rotatable bonds is 6. The maximum Gasteiger partial charge on any atom is 0.241 e. The van der Waals surface area contributed by atoms with Crippen molar-refractivity contribution in [2.75, 3.05) is 26.9 Å². The maximum absolute atomic E-state index is 12.4. The molecule has 1 amide bonds. The molecule has 2 heterocycles. The van der Waals surface area contributed by atoms with Crippen LogP contribution in [0.1, 0.15) is 35.6 Å². The van der Waals surface area contributed by atoms with Gasteiger partial charge in [0.25, 0.3) is 0 Å². The summed E-state index contributed by atoms with van der Waals surface area (Å²) in [6.07, 6.45) is 1.53. The second kappa shape index (κ2) is 9.79. The highest BCUT2D eigenvalue weighted by molar-refractivity contribution is 5.88. The van der Waals surface area contributed by atoms with Crippen LogP contribution in [-0.4, -0.2) is 43.2 Å². The van der Waals surface area contributed by atoms with Crippen LogP contribution in [0, 0.1) is 11.3 Å². The van der Waals surface area contributed by atoms with Crippen LogP contribution in [0.2, 0.25) is 0 Å². The van der Waals surface area contributed by atoms with Gasteiger partial charge in [-0.3, -0.25) is 15.0 Å². The summed E-state index contributed by atoms with van der Waals surface area (Å²) < 4.78 is 11.6. The molecule has 0 aromatic heterocycles. The summed E-state index contributed by atoms with van der Waals surface area (Å²) in [5.41, 5.74) is 2.37. The summed E-state index contributed by atoms with van der Waals surface area (Å²) >= 11 is 0. The van der Waals surface area contributed by atoms with Crippen LogP contribution in [0.25, 0.3) is 0 Å². The number of methoxy groups -OCH3 is 1. The van der Waals surface area contributed by atoms with Crippen LogP contribution in [-0.2, 0) is 4.79 Å². The summed E-state index contributed by atoms with van der Waals surface area (Å²) in [6, 6.07) is 25.8. The molecule has 2 aliphatic heterocycles. The molecule has 0 aliphatic carbocycles. The monoisotopic (exact) mass is 468 g/mol. The van der Waals surface area contributed by atoms with Gasteiger partial charge in [-0.25, -0.2) is 0 Å². The molecule has 0 saturated carbocycles. The molecule has 1 atom stereocenters. The average molecular weight is 469 g/mol. The third-order valence-corrected chi connectivity index (χ3v) is 6.94. The molecular formula is C28H28N4O3. The van der Waals surface area contributed by atoms with Gasteiger partial charge in [0.2, 0.25) is 5.91 Å². The quantitative estimate of drug-likeness (QED) is 0.570. The Balaban J connectivity index is 1.43. The number of ether oxygens (including phenoxy) is 2. The molecule has 2 fully saturated rings. The van der Waals surface area contributed by atoms with Crippen molar-refractivity contribution >= 4 is 5.91 Å². The molecule has 3 aromatic rings. The molecule has 0 bridgehead atoms. The lowest BCUT2D eigenvalue weighted by Gasteiger charge is -2.41. The summed E-state index contributed by atoms with van der Waals surface area (Å²) in [7, 11) is 1.56. The number of piperidine rings is 1. The Hall–Kier alpha value is -3.86. The molecule has 1 spiro atoms. The minimum atomic E-state index is -0.450. The highest BCUT2D eigenvalue weighted by Crippen LogP contribution is 2.37. The van der Waals surface area contributed by atoms with E-state index in [2.05, 4.69) is 58.0 Å². The lowest BCUT2D eigenvalue weighted by atomic mass is 9.85. The van der Waals surface area contributed by atoms with E-state index in [1.807, 2.05) is 18.2 Å². The second-order valence-electron chi connectivity index (χ2n) is 8.94. The lowest BCUT2D eigenvalue weighted by molar-refractivity contribution is -0.125. The zero-order valence-electron chi connectivity index (χ0n) is 19.7. The van der Waals surface area contributed by atoms with Gasteiger partial charge in [0.05, 0.1) is 31.5 Å². The van der Waals surface area contributed by atoms with Gasteiger partial charge in [-0.1, -0.05) is 42.5 Å². The molecular weight excluding hydrogens is 440 g/mol. The Kier molecular flexibility index (Phi) is 6.41. The first-order chi connectivity index (χ1) is 17.1. The molecule has 7 nitrogen and oxygen atoms in total. The number of hydrogen-bond acceptors (Lipinski definition) is 6. The Morgan fingerprint density at radius 1 is 0.971 bits per heavy atom. The van der Waals surface area contributed by atoms with Gasteiger partial charge in [0.1, 0.15) is 11.3 Å². The van der Waals surface area contributed by atoms with E-state index >= 15 is 0 Å². The van der Waals surface area contributed by atoms with E-state index in [1.54, 1.807) is 25.3 Å². The minimum absolute atomic E-state index is 0.0319. The molecule has 178 valence electrons. The Morgan fingerprint density at radius 3 is 2.43 bits per heavy atom. The molecule has 7 heteroatoms. The molecule has 3 aromatic carbocycles. The van der Waals surface area contributed by atoms with Crippen LogP contribution in [0.15, 0.2) is 72.8 Å².